The molecule has 0 radical (unpaired) electrons. The third-order valence-corrected chi connectivity index (χ3v) is 4.20. The zero-order valence-corrected chi connectivity index (χ0v) is 13.5. The highest BCUT2D eigenvalue weighted by Crippen LogP contribution is 2.31. The number of thioether (sulfide) groups is 1. The highest BCUT2D eigenvalue weighted by Gasteiger charge is 2.05. The Balaban J connectivity index is 2.04. The molecule has 0 spiro atoms. The van der Waals surface area contributed by atoms with E-state index in [0.717, 1.165) is 23.8 Å². The first kappa shape index (κ1) is 15.7. The predicted octanol–water partition coefficient (Wildman–Crippen LogP) is 3.72. The fourth-order valence-corrected chi connectivity index (χ4v) is 3.01. The molecule has 0 bridgehead atoms. The summed E-state index contributed by atoms with van der Waals surface area (Å²) in [5.41, 5.74) is 2.52. The van der Waals surface area contributed by atoms with Crippen LogP contribution < -0.4 is 14.8 Å². The Morgan fingerprint density at radius 2 is 1.76 bits per heavy atom. The summed E-state index contributed by atoms with van der Waals surface area (Å²) in [5.74, 6) is 2.45. The van der Waals surface area contributed by atoms with Crippen LogP contribution in [0.4, 0.5) is 0 Å². The van der Waals surface area contributed by atoms with E-state index in [1.807, 2.05) is 30.9 Å². The van der Waals surface area contributed by atoms with Crippen molar-refractivity contribution in [2.24, 2.45) is 0 Å². The van der Waals surface area contributed by atoms with Crippen molar-refractivity contribution >= 4 is 11.8 Å². The van der Waals surface area contributed by atoms with Crippen LogP contribution in [0.2, 0.25) is 0 Å². The number of nitrogens with one attached hydrogen (secondary N) is 1. The van der Waals surface area contributed by atoms with Crippen LogP contribution in [-0.4, -0.2) is 21.3 Å². The largest absolute Gasteiger partial charge is 0.493 e. The summed E-state index contributed by atoms with van der Waals surface area (Å²) >= 11 is 1.82. The molecule has 2 aromatic rings. The predicted molar refractivity (Wildman–Crippen MR) is 88.3 cm³/mol. The highest BCUT2D eigenvalue weighted by atomic mass is 32.2. The third-order valence-electron chi connectivity index (χ3n) is 3.13. The van der Waals surface area contributed by atoms with Crippen LogP contribution in [0, 0.1) is 0 Å². The number of benzene rings is 2. The zero-order chi connectivity index (χ0) is 15.1. The molecule has 112 valence electrons. The smallest absolute Gasteiger partial charge is 0.161 e. The molecule has 0 saturated carbocycles. The third kappa shape index (κ3) is 4.41. The average Bonchev–Trinajstić information content (AvgIpc) is 2.53. The van der Waals surface area contributed by atoms with Crippen molar-refractivity contribution in [1.82, 2.24) is 5.32 Å². The van der Waals surface area contributed by atoms with Crippen LogP contribution in [-0.2, 0) is 12.3 Å². The van der Waals surface area contributed by atoms with E-state index in [4.69, 9.17) is 9.47 Å². The van der Waals surface area contributed by atoms with Gasteiger partial charge in [-0.2, -0.15) is 0 Å². The number of rotatable bonds is 7. The van der Waals surface area contributed by atoms with Gasteiger partial charge in [0.15, 0.2) is 11.5 Å². The molecule has 0 fully saturated rings. The normalized spacial score (nSPS) is 10.4. The monoisotopic (exact) mass is 303 g/mol. The maximum Gasteiger partial charge on any atom is 0.161 e. The van der Waals surface area contributed by atoms with Crippen LogP contribution in [0.5, 0.6) is 11.5 Å². The van der Waals surface area contributed by atoms with Gasteiger partial charge in [-0.1, -0.05) is 18.2 Å². The molecule has 2 aromatic carbocycles. The van der Waals surface area contributed by atoms with Crippen molar-refractivity contribution < 1.29 is 9.47 Å². The van der Waals surface area contributed by atoms with Crippen LogP contribution in [0.1, 0.15) is 11.1 Å². The Morgan fingerprint density at radius 3 is 2.48 bits per heavy atom. The standard InChI is InChI=1S/C17H21NO2S/c1-18-11-13-5-4-6-15(9-13)21-12-14-7-8-16(19-2)17(10-14)20-3/h4-10,18H,11-12H2,1-3H3. The van der Waals surface area contributed by atoms with Crippen molar-refractivity contribution in [3.63, 3.8) is 0 Å². The molecule has 21 heavy (non-hydrogen) atoms. The summed E-state index contributed by atoms with van der Waals surface area (Å²) in [7, 11) is 5.28. The molecular formula is C17H21NO2S. The molecule has 0 aliphatic carbocycles. The van der Waals surface area contributed by atoms with Gasteiger partial charge in [-0.25, -0.2) is 0 Å². The molecule has 0 unspecified atom stereocenters. The lowest BCUT2D eigenvalue weighted by molar-refractivity contribution is 0.354. The first-order valence-corrected chi connectivity index (χ1v) is 7.82. The van der Waals surface area contributed by atoms with Gasteiger partial charge in [0.25, 0.3) is 0 Å². The number of hydrogen-bond acceptors (Lipinski definition) is 4. The van der Waals surface area contributed by atoms with Crippen LogP contribution in [0.25, 0.3) is 0 Å². The topological polar surface area (TPSA) is 30.5 Å². The molecule has 0 aromatic heterocycles. The van der Waals surface area contributed by atoms with Gasteiger partial charge in [-0.3, -0.25) is 0 Å². The lowest BCUT2D eigenvalue weighted by atomic mass is 10.2. The van der Waals surface area contributed by atoms with Crippen LogP contribution in [0.3, 0.4) is 0 Å². The Bertz CT molecular complexity index is 587. The summed E-state index contributed by atoms with van der Waals surface area (Å²) < 4.78 is 10.6. The Hall–Kier alpha value is -1.65. The van der Waals surface area contributed by atoms with E-state index in [-0.39, 0.29) is 0 Å². The minimum Gasteiger partial charge on any atom is -0.493 e. The van der Waals surface area contributed by atoms with Gasteiger partial charge in [0.2, 0.25) is 0 Å². The van der Waals surface area contributed by atoms with E-state index in [1.54, 1.807) is 14.2 Å². The van der Waals surface area contributed by atoms with Gasteiger partial charge < -0.3 is 14.8 Å². The zero-order valence-electron chi connectivity index (χ0n) is 12.7. The molecule has 0 aliphatic rings. The van der Waals surface area contributed by atoms with Crippen molar-refractivity contribution in [2.45, 2.75) is 17.2 Å². The highest BCUT2D eigenvalue weighted by molar-refractivity contribution is 7.98. The van der Waals surface area contributed by atoms with Gasteiger partial charge in [-0.05, 0) is 42.4 Å². The molecule has 0 aliphatic heterocycles. The van der Waals surface area contributed by atoms with Gasteiger partial charge in [-0.15, -0.1) is 11.8 Å². The van der Waals surface area contributed by atoms with E-state index in [1.165, 1.54) is 16.0 Å². The summed E-state index contributed by atoms with van der Waals surface area (Å²) in [6, 6.07) is 14.7. The second-order valence-corrected chi connectivity index (χ2v) is 5.70. The quantitative estimate of drug-likeness (QED) is 0.790. The van der Waals surface area contributed by atoms with E-state index < -0.39 is 0 Å². The molecule has 1 N–H and O–H groups in total. The van der Waals surface area contributed by atoms with Crippen molar-refractivity contribution in [1.29, 1.82) is 0 Å². The minimum absolute atomic E-state index is 0.766. The molecule has 4 heteroatoms. The maximum absolute atomic E-state index is 5.34. The van der Waals surface area contributed by atoms with Crippen molar-refractivity contribution in [2.75, 3.05) is 21.3 Å². The minimum atomic E-state index is 0.766. The van der Waals surface area contributed by atoms with E-state index in [0.29, 0.717) is 0 Å². The molecule has 0 amide bonds. The van der Waals surface area contributed by atoms with Gasteiger partial charge in [0, 0.05) is 17.2 Å². The van der Waals surface area contributed by atoms with Gasteiger partial charge in [0.05, 0.1) is 14.2 Å². The van der Waals surface area contributed by atoms with Crippen molar-refractivity contribution in [3.8, 4) is 11.5 Å². The Morgan fingerprint density at radius 1 is 0.952 bits per heavy atom. The molecule has 2 rings (SSSR count). The van der Waals surface area contributed by atoms with Crippen LogP contribution in [0.15, 0.2) is 47.4 Å². The molecule has 3 nitrogen and oxygen atoms in total. The van der Waals surface area contributed by atoms with E-state index >= 15 is 0 Å². The first-order chi connectivity index (χ1) is 10.3. The van der Waals surface area contributed by atoms with Crippen LogP contribution >= 0.6 is 11.8 Å². The fraction of sp³-hybridized carbons (Fsp3) is 0.294. The molecule has 0 saturated heterocycles. The van der Waals surface area contributed by atoms with Gasteiger partial charge >= 0.3 is 0 Å². The van der Waals surface area contributed by atoms with Crippen molar-refractivity contribution in [3.05, 3.63) is 53.6 Å². The second kappa shape index (κ2) is 7.96. The number of methoxy groups -OCH3 is 2. The summed E-state index contributed by atoms with van der Waals surface area (Å²) in [5, 5.41) is 3.17. The van der Waals surface area contributed by atoms with Gasteiger partial charge in [0.1, 0.15) is 0 Å². The molecule has 0 heterocycles. The van der Waals surface area contributed by atoms with E-state index in [2.05, 4.69) is 35.6 Å². The summed E-state index contributed by atoms with van der Waals surface area (Å²) in [4.78, 5) is 1.28. The summed E-state index contributed by atoms with van der Waals surface area (Å²) in [6.07, 6.45) is 0. The average molecular weight is 303 g/mol. The molecular weight excluding hydrogens is 282 g/mol. The SMILES string of the molecule is CNCc1cccc(SCc2ccc(OC)c(OC)c2)c1. The number of ether oxygens (including phenoxy) is 2. The van der Waals surface area contributed by atoms with E-state index in [9.17, 15) is 0 Å². The first-order valence-electron chi connectivity index (χ1n) is 6.84. The maximum atomic E-state index is 5.34. The molecule has 0 atom stereocenters. The Kier molecular flexibility index (Phi) is 5.96. The lowest BCUT2D eigenvalue weighted by Crippen LogP contribution is -2.04. The second-order valence-electron chi connectivity index (χ2n) is 4.66. The number of hydrogen-bond donors (Lipinski definition) is 1. The summed E-state index contributed by atoms with van der Waals surface area (Å²) in [6.45, 7) is 0.894. The Labute approximate surface area is 130 Å². The lowest BCUT2D eigenvalue weighted by Gasteiger charge is -2.10. The fourth-order valence-electron chi connectivity index (χ4n) is 2.09.